The SMILES string of the molecule is NC1SCCS1. The first-order chi connectivity index (χ1) is 2.89. The third kappa shape index (κ3) is 1.06. The summed E-state index contributed by atoms with van der Waals surface area (Å²) in [6.07, 6.45) is 0. The molecule has 0 aromatic carbocycles. The van der Waals surface area contributed by atoms with Crippen molar-refractivity contribution in [2.24, 2.45) is 5.73 Å². The molecule has 0 atom stereocenters. The van der Waals surface area contributed by atoms with Gasteiger partial charge in [0.15, 0.2) is 0 Å². The molecular formula is C3H7NS2. The van der Waals surface area contributed by atoms with Gasteiger partial charge in [-0.25, -0.2) is 0 Å². The quantitative estimate of drug-likeness (QED) is 0.511. The molecule has 0 radical (unpaired) electrons. The van der Waals surface area contributed by atoms with Gasteiger partial charge in [-0.15, -0.1) is 23.5 Å². The van der Waals surface area contributed by atoms with E-state index < -0.39 is 0 Å². The molecule has 0 spiro atoms. The van der Waals surface area contributed by atoms with Crippen LogP contribution in [0.25, 0.3) is 0 Å². The topological polar surface area (TPSA) is 26.0 Å². The lowest BCUT2D eigenvalue weighted by Gasteiger charge is -1.91. The normalized spacial score (nSPS) is 25.5. The van der Waals surface area contributed by atoms with Gasteiger partial charge in [0.25, 0.3) is 0 Å². The molecule has 2 N–H and O–H groups in total. The summed E-state index contributed by atoms with van der Waals surface area (Å²) in [5, 5.41) is 0. The molecule has 1 aliphatic heterocycles. The lowest BCUT2D eigenvalue weighted by molar-refractivity contribution is 1.32. The molecular weight excluding hydrogens is 114 g/mol. The average molecular weight is 121 g/mol. The minimum atomic E-state index is 0.380. The fourth-order valence-corrected chi connectivity index (χ4v) is 2.57. The second-order valence-electron chi connectivity index (χ2n) is 1.11. The van der Waals surface area contributed by atoms with Crippen molar-refractivity contribution in [1.82, 2.24) is 0 Å². The Morgan fingerprint density at radius 2 is 1.83 bits per heavy atom. The van der Waals surface area contributed by atoms with Gasteiger partial charge >= 0.3 is 0 Å². The van der Waals surface area contributed by atoms with Gasteiger partial charge in [0, 0.05) is 11.5 Å². The molecule has 0 bridgehead atoms. The minimum Gasteiger partial charge on any atom is -0.311 e. The Kier molecular flexibility index (Phi) is 1.68. The molecule has 6 heavy (non-hydrogen) atoms. The molecule has 0 aliphatic carbocycles. The van der Waals surface area contributed by atoms with E-state index in [1.807, 2.05) is 23.5 Å². The van der Waals surface area contributed by atoms with E-state index in [9.17, 15) is 0 Å². The molecule has 0 aromatic rings. The van der Waals surface area contributed by atoms with Crippen LogP contribution < -0.4 is 5.73 Å². The van der Waals surface area contributed by atoms with Crippen LogP contribution in [0.4, 0.5) is 0 Å². The maximum atomic E-state index is 5.46. The van der Waals surface area contributed by atoms with Crippen LogP contribution in [0.5, 0.6) is 0 Å². The fraction of sp³-hybridized carbons (Fsp3) is 1.00. The van der Waals surface area contributed by atoms with Crippen molar-refractivity contribution in [1.29, 1.82) is 0 Å². The van der Waals surface area contributed by atoms with Crippen molar-refractivity contribution in [2.45, 2.75) is 4.71 Å². The Bertz CT molecular complexity index is 42.1. The summed E-state index contributed by atoms with van der Waals surface area (Å²) in [5.74, 6) is 2.48. The predicted molar refractivity (Wildman–Crippen MR) is 32.9 cm³/mol. The molecule has 0 aromatic heterocycles. The van der Waals surface area contributed by atoms with Gasteiger partial charge in [-0.05, 0) is 0 Å². The zero-order valence-electron chi connectivity index (χ0n) is 3.39. The first-order valence-corrected chi connectivity index (χ1v) is 3.98. The van der Waals surface area contributed by atoms with Crippen LogP contribution >= 0.6 is 23.5 Å². The first kappa shape index (κ1) is 4.81. The van der Waals surface area contributed by atoms with Crippen LogP contribution in [0.2, 0.25) is 0 Å². The highest BCUT2D eigenvalue weighted by Gasteiger charge is 2.08. The highest BCUT2D eigenvalue weighted by molar-refractivity contribution is 8.20. The van der Waals surface area contributed by atoms with Crippen molar-refractivity contribution in [2.75, 3.05) is 11.5 Å². The van der Waals surface area contributed by atoms with E-state index >= 15 is 0 Å². The number of nitrogens with two attached hydrogens (primary N) is 1. The third-order valence-electron chi connectivity index (χ3n) is 0.648. The van der Waals surface area contributed by atoms with Crippen LogP contribution in [-0.4, -0.2) is 16.2 Å². The Balaban J connectivity index is 2.18. The molecule has 0 saturated carbocycles. The van der Waals surface area contributed by atoms with Gasteiger partial charge in [0.05, 0.1) is 4.71 Å². The Labute approximate surface area is 46.0 Å². The average Bonchev–Trinajstić information content (AvgIpc) is 1.86. The first-order valence-electron chi connectivity index (χ1n) is 1.88. The highest BCUT2D eigenvalue weighted by Crippen LogP contribution is 2.26. The summed E-state index contributed by atoms with van der Waals surface area (Å²) in [5.41, 5.74) is 5.46. The van der Waals surface area contributed by atoms with E-state index in [1.165, 1.54) is 11.5 Å². The summed E-state index contributed by atoms with van der Waals surface area (Å²) in [7, 11) is 0. The molecule has 0 unspecified atom stereocenters. The second-order valence-corrected chi connectivity index (χ2v) is 3.91. The summed E-state index contributed by atoms with van der Waals surface area (Å²) in [6.45, 7) is 0. The van der Waals surface area contributed by atoms with Crippen LogP contribution in [0, 0.1) is 0 Å². The van der Waals surface area contributed by atoms with Crippen molar-refractivity contribution in [3.8, 4) is 0 Å². The van der Waals surface area contributed by atoms with Gasteiger partial charge in [-0.1, -0.05) is 0 Å². The lowest BCUT2D eigenvalue weighted by atomic mass is 11.0. The van der Waals surface area contributed by atoms with Crippen molar-refractivity contribution in [3.63, 3.8) is 0 Å². The van der Waals surface area contributed by atoms with Crippen LogP contribution in [0.1, 0.15) is 0 Å². The second kappa shape index (κ2) is 2.09. The molecule has 1 saturated heterocycles. The zero-order chi connectivity index (χ0) is 4.41. The van der Waals surface area contributed by atoms with Gasteiger partial charge in [-0.2, -0.15) is 0 Å². The Hall–Kier alpha value is 0.660. The maximum absolute atomic E-state index is 5.46. The fourth-order valence-electron chi connectivity index (χ4n) is 0.377. The number of hydrogen-bond donors (Lipinski definition) is 1. The summed E-state index contributed by atoms with van der Waals surface area (Å²) >= 11 is 3.68. The van der Waals surface area contributed by atoms with E-state index in [1.54, 1.807) is 0 Å². The van der Waals surface area contributed by atoms with Crippen molar-refractivity contribution < 1.29 is 0 Å². The number of hydrogen-bond acceptors (Lipinski definition) is 3. The molecule has 1 aliphatic rings. The maximum Gasteiger partial charge on any atom is 0.0977 e. The summed E-state index contributed by atoms with van der Waals surface area (Å²) in [6, 6.07) is 0. The van der Waals surface area contributed by atoms with Gasteiger partial charge in [-0.3, -0.25) is 0 Å². The van der Waals surface area contributed by atoms with Gasteiger partial charge in [0.1, 0.15) is 0 Å². The molecule has 0 amide bonds. The van der Waals surface area contributed by atoms with Crippen LogP contribution in [0.15, 0.2) is 0 Å². The smallest absolute Gasteiger partial charge is 0.0977 e. The molecule has 1 nitrogen and oxygen atoms in total. The Morgan fingerprint density at radius 1 is 1.33 bits per heavy atom. The van der Waals surface area contributed by atoms with Crippen LogP contribution in [0.3, 0.4) is 0 Å². The minimum absolute atomic E-state index is 0.380. The van der Waals surface area contributed by atoms with E-state index in [-0.39, 0.29) is 0 Å². The van der Waals surface area contributed by atoms with E-state index in [2.05, 4.69) is 0 Å². The lowest BCUT2D eigenvalue weighted by Crippen LogP contribution is -2.04. The predicted octanol–water partition coefficient (Wildman–Crippen LogP) is 0.709. The standard InChI is InChI=1S/C3H7NS2/c4-3-5-1-2-6-3/h3H,1-2,4H2. The molecule has 1 fully saturated rings. The number of rotatable bonds is 0. The van der Waals surface area contributed by atoms with Gasteiger partial charge < -0.3 is 5.73 Å². The number of thioether (sulfide) groups is 2. The summed E-state index contributed by atoms with van der Waals surface area (Å²) in [4.78, 5) is 0. The van der Waals surface area contributed by atoms with Gasteiger partial charge in [0.2, 0.25) is 0 Å². The molecule has 3 heteroatoms. The summed E-state index contributed by atoms with van der Waals surface area (Å²) < 4.78 is 0.380. The highest BCUT2D eigenvalue weighted by atomic mass is 32.2. The monoisotopic (exact) mass is 121 g/mol. The van der Waals surface area contributed by atoms with Crippen molar-refractivity contribution >= 4 is 23.5 Å². The van der Waals surface area contributed by atoms with Crippen LogP contribution in [-0.2, 0) is 0 Å². The Morgan fingerprint density at radius 3 is 2.00 bits per heavy atom. The molecule has 1 rings (SSSR count). The van der Waals surface area contributed by atoms with E-state index in [0.717, 1.165) is 0 Å². The van der Waals surface area contributed by atoms with Crippen molar-refractivity contribution in [3.05, 3.63) is 0 Å². The third-order valence-corrected chi connectivity index (χ3v) is 3.26. The van der Waals surface area contributed by atoms with E-state index in [4.69, 9.17) is 5.73 Å². The molecule has 1 heterocycles. The largest absolute Gasteiger partial charge is 0.311 e. The van der Waals surface area contributed by atoms with E-state index in [0.29, 0.717) is 4.71 Å². The molecule has 36 valence electrons. The zero-order valence-corrected chi connectivity index (χ0v) is 5.02.